The first-order valence-corrected chi connectivity index (χ1v) is 5.96. The topological polar surface area (TPSA) is 20.2 Å². The van der Waals surface area contributed by atoms with E-state index in [0.29, 0.717) is 11.7 Å². The maximum atomic E-state index is 9.58. The van der Waals surface area contributed by atoms with Gasteiger partial charge in [0.1, 0.15) is 5.75 Å². The number of aromatic hydroxyl groups is 1. The van der Waals surface area contributed by atoms with Crippen LogP contribution in [0, 0.1) is 5.41 Å². The summed E-state index contributed by atoms with van der Waals surface area (Å²) in [5.74, 6) is 0.806. The van der Waals surface area contributed by atoms with E-state index in [2.05, 4.69) is 32.9 Å². The minimum absolute atomic E-state index is 0.284. The van der Waals surface area contributed by atoms with Gasteiger partial charge in [-0.3, -0.25) is 0 Å². The van der Waals surface area contributed by atoms with Gasteiger partial charge in [-0.2, -0.15) is 0 Å². The number of rotatable bonds is 1. The van der Waals surface area contributed by atoms with Gasteiger partial charge in [0.25, 0.3) is 0 Å². The first-order valence-electron chi connectivity index (χ1n) is 5.96. The molecule has 0 spiro atoms. The molecule has 1 atom stereocenters. The van der Waals surface area contributed by atoms with Gasteiger partial charge in [0.15, 0.2) is 0 Å². The fourth-order valence-corrected chi connectivity index (χ4v) is 2.97. The SMILES string of the molecule is CC1=CCCC(C)(C)C1c1cccc(O)c1. The Kier molecular flexibility index (Phi) is 2.79. The van der Waals surface area contributed by atoms with Crippen LogP contribution in [0.15, 0.2) is 35.9 Å². The van der Waals surface area contributed by atoms with Crippen LogP contribution in [0.3, 0.4) is 0 Å². The second-order valence-corrected chi connectivity index (χ2v) is 5.50. The van der Waals surface area contributed by atoms with Crippen molar-refractivity contribution in [2.75, 3.05) is 0 Å². The molecule has 0 aromatic heterocycles. The Morgan fingerprint density at radius 1 is 1.31 bits per heavy atom. The largest absolute Gasteiger partial charge is 0.508 e. The lowest BCUT2D eigenvalue weighted by atomic mass is 9.66. The average molecular weight is 216 g/mol. The standard InChI is InChI=1S/C15H20O/c1-11-6-5-9-15(2,3)14(11)12-7-4-8-13(16)10-12/h4,6-8,10,14,16H,5,9H2,1-3H3. The Morgan fingerprint density at radius 2 is 2.06 bits per heavy atom. The molecule has 1 unspecified atom stereocenters. The van der Waals surface area contributed by atoms with Crippen molar-refractivity contribution in [2.45, 2.75) is 39.5 Å². The van der Waals surface area contributed by atoms with E-state index in [9.17, 15) is 5.11 Å². The molecule has 0 amide bonds. The van der Waals surface area contributed by atoms with E-state index in [1.54, 1.807) is 6.07 Å². The monoisotopic (exact) mass is 216 g/mol. The van der Waals surface area contributed by atoms with Gasteiger partial charge < -0.3 is 5.11 Å². The van der Waals surface area contributed by atoms with Crippen molar-refractivity contribution in [1.29, 1.82) is 0 Å². The lowest BCUT2D eigenvalue weighted by Crippen LogP contribution is -2.25. The lowest BCUT2D eigenvalue weighted by Gasteiger charge is -2.39. The fraction of sp³-hybridized carbons (Fsp3) is 0.467. The summed E-state index contributed by atoms with van der Waals surface area (Å²) in [6.07, 6.45) is 4.72. The van der Waals surface area contributed by atoms with Crippen LogP contribution in [-0.4, -0.2) is 5.11 Å². The van der Waals surface area contributed by atoms with Crippen LogP contribution in [0.5, 0.6) is 5.75 Å². The van der Waals surface area contributed by atoms with E-state index in [1.807, 2.05) is 12.1 Å². The molecular formula is C15H20O. The summed E-state index contributed by atoms with van der Waals surface area (Å²) in [6, 6.07) is 7.69. The maximum absolute atomic E-state index is 9.58. The molecule has 1 aliphatic carbocycles. The normalized spacial score (nSPS) is 23.9. The Labute approximate surface area is 97.8 Å². The third-order valence-electron chi connectivity index (χ3n) is 3.70. The van der Waals surface area contributed by atoms with Crippen LogP contribution < -0.4 is 0 Å². The molecule has 0 aliphatic heterocycles. The summed E-state index contributed by atoms with van der Waals surface area (Å²) in [5, 5.41) is 9.58. The smallest absolute Gasteiger partial charge is 0.115 e. The van der Waals surface area contributed by atoms with Crippen molar-refractivity contribution >= 4 is 0 Å². The van der Waals surface area contributed by atoms with E-state index < -0.39 is 0 Å². The number of hydrogen-bond donors (Lipinski definition) is 1. The third kappa shape index (κ3) is 1.99. The predicted octanol–water partition coefficient (Wildman–Crippen LogP) is 4.24. The van der Waals surface area contributed by atoms with Crippen LogP contribution in [0.2, 0.25) is 0 Å². The second kappa shape index (κ2) is 3.97. The quantitative estimate of drug-likeness (QED) is 0.696. The Hall–Kier alpha value is -1.24. The number of allylic oxidation sites excluding steroid dienone is 2. The van der Waals surface area contributed by atoms with E-state index in [0.717, 1.165) is 0 Å². The van der Waals surface area contributed by atoms with Gasteiger partial charge in [-0.05, 0) is 42.9 Å². The molecule has 16 heavy (non-hydrogen) atoms. The van der Waals surface area contributed by atoms with Gasteiger partial charge >= 0.3 is 0 Å². The van der Waals surface area contributed by atoms with Gasteiger partial charge in [-0.15, -0.1) is 0 Å². The Bertz CT molecular complexity index is 415. The molecule has 1 N–H and O–H groups in total. The molecule has 1 aromatic rings. The summed E-state index contributed by atoms with van der Waals surface area (Å²) in [6.45, 7) is 6.84. The molecule has 0 bridgehead atoms. The summed E-state index contributed by atoms with van der Waals surface area (Å²) in [7, 11) is 0. The predicted molar refractivity (Wildman–Crippen MR) is 67.6 cm³/mol. The number of benzene rings is 1. The Morgan fingerprint density at radius 3 is 2.69 bits per heavy atom. The van der Waals surface area contributed by atoms with E-state index >= 15 is 0 Å². The van der Waals surface area contributed by atoms with Crippen molar-refractivity contribution < 1.29 is 5.11 Å². The van der Waals surface area contributed by atoms with Crippen LogP contribution >= 0.6 is 0 Å². The van der Waals surface area contributed by atoms with Crippen LogP contribution in [0.1, 0.15) is 45.1 Å². The average Bonchev–Trinajstić information content (AvgIpc) is 2.15. The zero-order valence-electron chi connectivity index (χ0n) is 10.3. The maximum Gasteiger partial charge on any atom is 0.115 e. The van der Waals surface area contributed by atoms with Crippen LogP contribution in [0.4, 0.5) is 0 Å². The van der Waals surface area contributed by atoms with Gasteiger partial charge in [0.2, 0.25) is 0 Å². The molecule has 0 saturated carbocycles. The fourth-order valence-electron chi connectivity index (χ4n) is 2.97. The third-order valence-corrected chi connectivity index (χ3v) is 3.70. The lowest BCUT2D eigenvalue weighted by molar-refractivity contribution is 0.276. The summed E-state index contributed by atoms with van der Waals surface area (Å²) >= 11 is 0. The summed E-state index contributed by atoms with van der Waals surface area (Å²) in [5.41, 5.74) is 2.95. The number of phenolic OH excluding ortho intramolecular Hbond substituents is 1. The van der Waals surface area contributed by atoms with Gasteiger partial charge in [-0.25, -0.2) is 0 Å². The van der Waals surface area contributed by atoms with Gasteiger partial charge in [0.05, 0.1) is 0 Å². The van der Waals surface area contributed by atoms with E-state index in [1.165, 1.54) is 24.0 Å². The molecular weight excluding hydrogens is 196 g/mol. The molecule has 0 radical (unpaired) electrons. The van der Waals surface area contributed by atoms with Crippen molar-refractivity contribution in [3.63, 3.8) is 0 Å². The minimum atomic E-state index is 0.284. The summed E-state index contributed by atoms with van der Waals surface area (Å²) < 4.78 is 0. The highest BCUT2D eigenvalue weighted by Gasteiger charge is 2.33. The molecule has 1 aliphatic rings. The van der Waals surface area contributed by atoms with Crippen molar-refractivity contribution in [2.24, 2.45) is 5.41 Å². The minimum Gasteiger partial charge on any atom is -0.508 e. The molecule has 1 nitrogen and oxygen atoms in total. The molecule has 2 rings (SSSR count). The first kappa shape index (κ1) is 11.3. The van der Waals surface area contributed by atoms with Crippen LogP contribution in [0.25, 0.3) is 0 Å². The second-order valence-electron chi connectivity index (χ2n) is 5.50. The Balaban J connectivity index is 2.44. The highest BCUT2D eigenvalue weighted by atomic mass is 16.3. The molecule has 1 heteroatoms. The molecule has 1 aromatic carbocycles. The zero-order chi connectivity index (χ0) is 11.8. The zero-order valence-corrected chi connectivity index (χ0v) is 10.3. The van der Waals surface area contributed by atoms with Crippen molar-refractivity contribution in [1.82, 2.24) is 0 Å². The first-order chi connectivity index (χ1) is 7.50. The van der Waals surface area contributed by atoms with Crippen LogP contribution in [-0.2, 0) is 0 Å². The number of hydrogen-bond acceptors (Lipinski definition) is 1. The van der Waals surface area contributed by atoms with Gasteiger partial charge in [-0.1, -0.05) is 37.6 Å². The number of phenols is 1. The van der Waals surface area contributed by atoms with Crippen molar-refractivity contribution in [3.8, 4) is 5.75 Å². The molecule has 0 heterocycles. The van der Waals surface area contributed by atoms with E-state index in [4.69, 9.17) is 0 Å². The highest BCUT2D eigenvalue weighted by molar-refractivity contribution is 5.37. The molecule has 0 fully saturated rings. The molecule has 0 saturated heterocycles. The molecule has 86 valence electrons. The van der Waals surface area contributed by atoms with Gasteiger partial charge in [0, 0.05) is 5.92 Å². The van der Waals surface area contributed by atoms with E-state index in [-0.39, 0.29) is 5.41 Å². The van der Waals surface area contributed by atoms with Crippen molar-refractivity contribution in [3.05, 3.63) is 41.5 Å². The highest BCUT2D eigenvalue weighted by Crippen LogP contribution is 2.47. The summed E-state index contributed by atoms with van der Waals surface area (Å²) in [4.78, 5) is 0.